The first kappa shape index (κ1) is 41.2. The Balaban J connectivity index is 2.05. The van der Waals surface area contributed by atoms with Crippen molar-refractivity contribution >= 4 is 52.7 Å². The van der Waals surface area contributed by atoms with Crippen molar-refractivity contribution in [3.8, 4) is 0 Å². The van der Waals surface area contributed by atoms with Gasteiger partial charge in [-0.25, -0.2) is 0 Å². The molecule has 1 aromatic heterocycles. The van der Waals surface area contributed by atoms with Crippen LogP contribution in [0.25, 0.3) is 0 Å². The number of nitrogens with one attached hydrogen (secondary N) is 6. The zero-order valence-corrected chi connectivity index (χ0v) is 29.2. The molecule has 8 N–H and O–H groups in total. The first-order chi connectivity index (χ1) is 23.9. The molecule has 0 radical (unpaired) electrons. The fraction of sp³-hybridized carbons (Fsp3) is 0.455. The van der Waals surface area contributed by atoms with Gasteiger partial charge in [-0.15, -0.1) is 0 Å². The van der Waals surface area contributed by atoms with E-state index in [1.165, 1.54) is 62.6 Å². The van der Waals surface area contributed by atoms with Gasteiger partial charge in [0.2, 0.25) is 35.4 Å². The molecule has 0 spiro atoms. The van der Waals surface area contributed by atoms with E-state index in [2.05, 4.69) is 36.9 Å². The van der Waals surface area contributed by atoms with Crippen molar-refractivity contribution < 1.29 is 38.5 Å². The molecule has 0 unspecified atom stereocenters. The predicted octanol–water partition coefficient (Wildman–Crippen LogP) is 0.283. The molecule has 0 saturated carbocycles. The van der Waals surface area contributed by atoms with E-state index in [1.807, 2.05) is 0 Å². The van der Waals surface area contributed by atoms with Crippen molar-refractivity contribution in [2.24, 2.45) is 17.6 Å². The van der Waals surface area contributed by atoms with Crippen molar-refractivity contribution in [2.45, 2.75) is 84.6 Å². The number of nitrogens with two attached hydrogens (primary N) is 1. The smallest absolute Gasteiger partial charge is 0.269 e. The molecule has 7 amide bonds. The summed E-state index contributed by atoms with van der Waals surface area (Å²) in [4.78, 5) is 104. The van der Waals surface area contributed by atoms with Crippen LogP contribution in [0.4, 0.5) is 11.4 Å². The molecular weight excluding hydrogens is 666 g/mol. The number of hydrogen-bond acceptors (Lipinski definition) is 10. The number of nitrogens with zero attached hydrogens (tertiary/aromatic N) is 2. The standard InChI is InChI=1S/C33H45N9O9/c1-17(2)26(32(48)37-19(5)28(44)36-20(6)29(45)38-22-7-9-23(10-8-22)42(50)51)41-33(49)27(18(3)4)40-31(47)24(11-12-25(34)43)39-30(46)21-13-15-35-16-14-21/h7-10,13-20,24,26-27H,11-12H2,1-6H3,(H2,34,43)(H,36,44)(H,37,48)(H,38,45)(H,39,46)(H,40,47)(H,41,49)/t19-,20-,24+,26-,27-/m0/s1. The highest BCUT2D eigenvalue weighted by Gasteiger charge is 2.33. The number of anilines is 1. The molecule has 0 bridgehead atoms. The van der Waals surface area contributed by atoms with Gasteiger partial charge in [-0.1, -0.05) is 27.7 Å². The number of benzene rings is 1. The summed E-state index contributed by atoms with van der Waals surface area (Å²) in [5.74, 6) is -5.75. The zero-order valence-electron chi connectivity index (χ0n) is 29.2. The SMILES string of the molecule is CC(C)[C@H](NC(=O)[C@@H](NC(=O)[C@@H](CCC(N)=O)NC(=O)c1ccncc1)C(C)C)C(=O)N[C@@H](C)C(=O)N[C@@H](C)C(=O)Nc1ccc([N+](=O)[O-])cc1. The molecule has 1 heterocycles. The van der Waals surface area contributed by atoms with Crippen LogP contribution in [0, 0.1) is 22.0 Å². The maximum Gasteiger partial charge on any atom is 0.269 e. The molecule has 2 aromatic rings. The van der Waals surface area contributed by atoms with Gasteiger partial charge >= 0.3 is 0 Å². The average Bonchev–Trinajstić information content (AvgIpc) is 3.07. The van der Waals surface area contributed by atoms with Crippen LogP contribution >= 0.6 is 0 Å². The highest BCUT2D eigenvalue weighted by molar-refractivity contribution is 6.00. The molecule has 1 aromatic carbocycles. The lowest BCUT2D eigenvalue weighted by Gasteiger charge is -2.29. The van der Waals surface area contributed by atoms with Crippen LogP contribution in [0.15, 0.2) is 48.8 Å². The quantitative estimate of drug-likeness (QED) is 0.0820. The van der Waals surface area contributed by atoms with E-state index in [4.69, 9.17) is 5.73 Å². The normalized spacial score (nSPS) is 13.8. The Bertz CT molecular complexity index is 1580. The lowest BCUT2D eigenvalue weighted by Crippen LogP contribution is -2.60. The number of primary amides is 1. The summed E-state index contributed by atoms with van der Waals surface area (Å²) in [6.07, 6.45) is 2.43. The summed E-state index contributed by atoms with van der Waals surface area (Å²) < 4.78 is 0. The van der Waals surface area contributed by atoms with Crippen LogP contribution < -0.4 is 37.6 Å². The maximum absolute atomic E-state index is 13.5. The van der Waals surface area contributed by atoms with Gasteiger partial charge in [0.1, 0.15) is 30.2 Å². The van der Waals surface area contributed by atoms with E-state index in [0.29, 0.717) is 0 Å². The molecule has 51 heavy (non-hydrogen) atoms. The second kappa shape index (κ2) is 19.3. The Hall–Kier alpha value is -5.94. The van der Waals surface area contributed by atoms with Crippen molar-refractivity contribution in [2.75, 3.05) is 5.32 Å². The molecule has 18 nitrogen and oxygen atoms in total. The second-order valence-corrected chi connectivity index (χ2v) is 12.5. The van der Waals surface area contributed by atoms with Crippen LogP contribution in [0.1, 0.15) is 64.7 Å². The Kier molecular flexibility index (Phi) is 15.6. The third-order valence-corrected chi connectivity index (χ3v) is 7.59. The van der Waals surface area contributed by atoms with Crippen LogP contribution in [-0.4, -0.2) is 81.5 Å². The summed E-state index contributed by atoms with van der Waals surface area (Å²) in [6, 6.07) is 2.25. The molecule has 0 fully saturated rings. The van der Waals surface area contributed by atoms with E-state index in [0.717, 1.165) is 0 Å². The van der Waals surface area contributed by atoms with Crippen LogP contribution in [0.2, 0.25) is 0 Å². The topological polar surface area (TPSA) is 274 Å². The number of amides is 7. The van der Waals surface area contributed by atoms with Gasteiger partial charge in [0.25, 0.3) is 11.6 Å². The maximum atomic E-state index is 13.5. The summed E-state index contributed by atoms with van der Waals surface area (Å²) in [5, 5.41) is 26.2. The van der Waals surface area contributed by atoms with Crippen LogP contribution in [0.5, 0.6) is 0 Å². The first-order valence-corrected chi connectivity index (χ1v) is 16.2. The fourth-order valence-electron chi connectivity index (χ4n) is 4.56. The number of carbonyl (C=O) groups excluding carboxylic acids is 7. The van der Waals surface area contributed by atoms with E-state index in [9.17, 15) is 43.7 Å². The number of non-ortho nitro benzene ring substituents is 1. The van der Waals surface area contributed by atoms with Gasteiger partial charge in [-0.3, -0.25) is 48.7 Å². The number of rotatable bonds is 18. The zero-order chi connectivity index (χ0) is 38.4. The average molecular weight is 712 g/mol. The van der Waals surface area contributed by atoms with Crippen LogP contribution in [-0.2, 0) is 28.8 Å². The molecule has 18 heteroatoms. The highest BCUT2D eigenvalue weighted by atomic mass is 16.6. The van der Waals surface area contributed by atoms with Gasteiger partial charge < -0.3 is 37.6 Å². The number of hydrogen-bond donors (Lipinski definition) is 7. The van der Waals surface area contributed by atoms with Crippen molar-refractivity contribution in [1.82, 2.24) is 31.6 Å². The van der Waals surface area contributed by atoms with Crippen molar-refractivity contribution in [1.29, 1.82) is 0 Å². The van der Waals surface area contributed by atoms with E-state index >= 15 is 0 Å². The molecule has 2 rings (SSSR count). The third-order valence-electron chi connectivity index (χ3n) is 7.59. The summed E-state index contributed by atoms with van der Waals surface area (Å²) in [6.45, 7) is 9.45. The minimum Gasteiger partial charge on any atom is -0.370 e. The van der Waals surface area contributed by atoms with Gasteiger partial charge in [0.15, 0.2) is 0 Å². The number of nitro groups is 1. The Labute approximate surface area is 294 Å². The number of nitro benzene ring substituents is 1. The van der Waals surface area contributed by atoms with Gasteiger partial charge in [-0.2, -0.15) is 0 Å². The Morgan fingerprint density at radius 3 is 1.69 bits per heavy atom. The summed E-state index contributed by atoms with van der Waals surface area (Å²) in [7, 11) is 0. The van der Waals surface area contributed by atoms with Crippen molar-refractivity contribution in [3.05, 3.63) is 64.5 Å². The molecule has 0 aliphatic rings. The number of pyridine rings is 1. The van der Waals surface area contributed by atoms with Crippen LogP contribution in [0.3, 0.4) is 0 Å². The third kappa shape index (κ3) is 13.1. The minimum absolute atomic E-state index is 0.140. The number of carbonyl (C=O) groups is 7. The molecular formula is C33H45N9O9. The van der Waals surface area contributed by atoms with E-state index in [-0.39, 0.29) is 29.8 Å². The van der Waals surface area contributed by atoms with Gasteiger partial charge in [-0.05, 0) is 56.4 Å². The highest BCUT2D eigenvalue weighted by Crippen LogP contribution is 2.15. The van der Waals surface area contributed by atoms with Gasteiger partial charge in [0.05, 0.1) is 4.92 Å². The predicted molar refractivity (Wildman–Crippen MR) is 184 cm³/mol. The monoisotopic (exact) mass is 711 g/mol. The molecule has 276 valence electrons. The molecule has 0 saturated heterocycles. The summed E-state index contributed by atoms with van der Waals surface area (Å²) >= 11 is 0. The lowest BCUT2D eigenvalue weighted by molar-refractivity contribution is -0.384. The van der Waals surface area contributed by atoms with Gasteiger partial charge in [0, 0.05) is 42.2 Å². The lowest BCUT2D eigenvalue weighted by atomic mass is 9.98. The minimum atomic E-state index is -1.23. The van der Waals surface area contributed by atoms with E-state index < -0.39 is 88.3 Å². The fourth-order valence-corrected chi connectivity index (χ4v) is 4.56. The first-order valence-electron chi connectivity index (χ1n) is 16.2. The van der Waals surface area contributed by atoms with E-state index in [1.54, 1.807) is 27.7 Å². The summed E-state index contributed by atoms with van der Waals surface area (Å²) in [5.41, 5.74) is 5.60. The Morgan fingerprint density at radius 2 is 1.18 bits per heavy atom. The Morgan fingerprint density at radius 1 is 0.686 bits per heavy atom. The second-order valence-electron chi connectivity index (χ2n) is 12.5. The molecule has 5 atom stereocenters. The molecule has 0 aliphatic carbocycles. The number of aromatic nitrogens is 1. The molecule has 0 aliphatic heterocycles. The van der Waals surface area contributed by atoms with Crippen molar-refractivity contribution in [3.63, 3.8) is 0 Å². The largest absolute Gasteiger partial charge is 0.370 e.